The molecule has 3 heterocycles. The topological polar surface area (TPSA) is 25.8 Å². The smallest absolute Gasteiger partial charge is 0.0972 e. The second-order valence-corrected chi connectivity index (χ2v) is 16.2. The van der Waals surface area contributed by atoms with Crippen LogP contribution in [-0.2, 0) is 0 Å². The molecular weight excluding hydrogens is 757 g/mol. The minimum absolute atomic E-state index is 0.147. The third-order valence-corrected chi connectivity index (χ3v) is 12.9. The fourth-order valence-electron chi connectivity index (χ4n) is 8.82. The molecule has 0 spiro atoms. The summed E-state index contributed by atoms with van der Waals surface area (Å²) >= 11 is 1.77. The molecule has 0 saturated carbocycles. The summed E-state index contributed by atoms with van der Waals surface area (Å²) in [5, 5.41) is 6.77. The average Bonchev–Trinajstić information content (AvgIpc) is 3.78. The molecule has 2 nitrogen and oxygen atoms in total. The summed E-state index contributed by atoms with van der Waals surface area (Å²) < 4.78 is 55.5. The number of thiophene rings is 1. The van der Waals surface area contributed by atoms with Gasteiger partial charge in [0.2, 0.25) is 0 Å². The van der Waals surface area contributed by atoms with Gasteiger partial charge >= 0.3 is 0 Å². The van der Waals surface area contributed by atoms with Gasteiger partial charge in [-0.05, 0) is 78.3 Å². The van der Waals surface area contributed by atoms with E-state index < -0.39 is 12.1 Å². The van der Waals surface area contributed by atoms with E-state index in [1.807, 2.05) is 66.7 Å². The normalized spacial score (nSPS) is 13.0. The van der Waals surface area contributed by atoms with Gasteiger partial charge in [-0.3, -0.25) is 4.98 Å². The Kier molecular flexibility index (Phi) is 7.02. The highest BCUT2D eigenvalue weighted by Crippen LogP contribution is 2.54. The third kappa shape index (κ3) is 5.93. The maximum absolute atomic E-state index is 9.64. The minimum atomic E-state index is -0.417. The van der Waals surface area contributed by atoms with Crippen LogP contribution < -0.4 is 0 Å². The van der Waals surface area contributed by atoms with Crippen molar-refractivity contribution in [3.8, 4) is 65.5 Å². The Hall–Kier alpha value is -7.72. The number of pyridine rings is 2. The lowest BCUT2D eigenvalue weighted by molar-refractivity contribution is 1.37. The molecule has 0 unspecified atom stereocenters. The minimum Gasteiger partial charge on any atom is -0.254 e. The van der Waals surface area contributed by atoms with Gasteiger partial charge in [0, 0.05) is 49.0 Å². The second-order valence-electron chi connectivity index (χ2n) is 15.2. The van der Waals surface area contributed by atoms with Crippen LogP contribution >= 0.6 is 11.3 Å². The average molecular weight is 799 g/mol. The van der Waals surface area contributed by atoms with Crippen LogP contribution in [0, 0.1) is 0 Å². The number of rotatable bonds is 6. The highest BCUT2D eigenvalue weighted by atomic mass is 32.1. The van der Waals surface area contributed by atoms with Crippen molar-refractivity contribution in [3.05, 3.63) is 218 Å². The fraction of sp³-hybridized carbons (Fsp3) is 0. The molecule has 61 heavy (non-hydrogen) atoms. The van der Waals surface area contributed by atoms with Crippen molar-refractivity contribution in [1.82, 2.24) is 9.97 Å². The first-order valence-electron chi connectivity index (χ1n) is 23.2. The van der Waals surface area contributed by atoms with E-state index in [4.69, 9.17) is 7.73 Å². The summed E-state index contributed by atoms with van der Waals surface area (Å²) in [6.07, 6.45) is 1.70. The molecule has 0 fully saturated rings. The van der Waals surface area contributed by atoms with E-state index in [1.54, 1.807) is 23.6 Å². The Morgan fingerprint density at radius 2 is 0.951 bits per heavy atom. The SMILES string of the molecule is [2H]c1c([2H])c([2H])c2c(-c3ccc4ccc5cccnc5c4n3)c([2H])c([2H])c(-c3ccc(-c4c(-c5ccccc5)sc(-c5cc6ccccc6c6ccccc56)c4-c4ccccc4)cc3)c2c1[2H]. The van der Waals surface area contributed by atoms with Gasteiger partial charge in [-0.2, -0.15) is 0 Å². The highest BCUT2D eigenvalue weighted by molar-refractivity contribution is 7.20. The predicted molar refractivity (Wildman–Crippen MR) is 260 cm³/mol. The van der Waals surface area contributed by atoms with Crippen molar-refractivity contribution in [1.29, 1.82) is 0 Å². The lowest BCUT2D eigenvalue weighted by atomic mass is 9.88. The van der Waals surface area contributed by atoms with E-state index >= 15 is 0 Å². The Morgan fingerprint density at radius 3 is 1.74 bits per heavy atom. The largest absolute Gasteiger partial charge is 0.254 e. The van der Waals surface area contributed by atoms with Crippen LogP contribution in [0.4, 0.5) is 0 Å². The van der Waals surface area contributed by atoms with Gasteiger partial charge in [0.05, 0.1) is 25.0 Å². The van der Waals surface area contributed by atoms with Crippen molar-refractivity contribution >= 4 is 65.5 Å². The lowest BCUT2D eigenvalue weighted by Gasteiger charge is -2.15. The van der Waals surface area contributed by atoms with E-state index in [0.29, 0.717) is 22.3 Å². The second kappa shape index (κ2) is 14.5. The van der Waals surface area contributed by atoms with Crippen molar-refractivity contribution in [2.24, 2.45) is 0 Å². The standard InChI is InChI=1S/C58H36N2S/c1-3-14-38(15-4-1)54-53(57(42-16-5-2-6-17-42)61-58(54)51-36-43-18-7-8-20-44(43)46-21-10-12-24-49(46)51)39-27-25-37(26-28-39)45-32-33-50(48-23-11-9-22-47(45)48)52-34-31-41-30-29-40-19-13-35-59-55(40)56(41)60-52/h1-36H/i9D,11D,22D,23D,32D,33D. The molecule has 12 aromatic rings. The molecule has 9 aromatic carbocycles. The molecule has 0 radical (unpaired) electrons. The first-order valence-corrected chi connectivity index (χ1v) is 21.1. The first-order chi connectivity index (χ1) is 32.8. The monoisotopic (exact) mass is 798 g/mol. The van der Waals surface area contributed by atoms with Crippen LogP contribution in [0.1, 0.15) is 8.22 Å². The van der Waals surface area contributed by atoms with Gasteiger partial charge in [0.1, 0.15) is 0 Å². The predicted octanol–water partition coefficient (Wildman–Crippen LogP) is 16.3. The van der Waals surface area contributed by atoms with Gasteiger partial charge in [-0.25, -0.2) is 4.98 Å². The zero-order valence-electron chi connectivity index (χ0n) is 38.6. The van der Waals surface area contributed by atoms with Gasteiger partial charge in [-0.15, -0.1) is 11.3 Å². The number of nitrogens with zero attached hydrogens (tertiary/aromatic N) is 2. The summed E-state index contributed by atoms with van der Waals surface area (Å²) in [5.74, 6) is 0. The Balaban J connectivity index is 1.10. The number of hydrogen-bond donors (Lipinski definition) is 0. The van der Waals surface area contributed by atoms with Gasteiger partial charge in [0.25, 0.3) is 0 Å². The summed E-state index contributed by atoms with van der Waals surface area (Å²) in [6.45, 7) is 0. The molecule has 0 aliphatic rings. The van der Waals surface area contributed by atoms with Crippen LogP contribution in [0.15, 0.2) is 218 Å². The molecule has 0 amide bonds. The molecule has 12 rings (SSSR count). The van der Waals surface area contributed by atoms with Crippen molar-refractivity contribution in [3.63, 3.8) is 0 Å². The number of benzene rings is 9. The van der Waals surface area contributed by atoms with Crippen LogP contribution in [-0.4, -0.2) is 9.97 Å². The van der Waals surface area contributed by atoms with E-state index in [-0.39, 0.29) is 46.1 Å². The molecule has 0 aliphatic carbocycles. The summed E-state index contributed by atoms with van der Waals surface area (Å²) in [4.78, 5) is 11.8. The van der Waals surface area contributed by atoms with E-state index in [2.05, 4.69) is 108 Å². The molecule has 3 aromatic heterocycles. The van der Waals surface area contributed by atoms with Crippen molar-refractivity contribution in [2.75, 3.05) is 0 Å². The quantitative estimate of drug-likeness (QED) is 0.157. The molecule has 0 bridgehead atoms. The van der Waals surface area contributed by atoms with Crippen molar-refractivity contribution < 1.29 is 8.22 Å². The summed E-state index contributed by atoms with van der Waals surface area (Å²) in [5.41, 5.74) is 8.99. The van der Waals surface area contributed by atoms with Crippen LogP contribution in [0.5, 0.6) is 0 Å². The van der Waals surface area contributed by atoms with Gasteiger partial charge in [0.15, 0.2) is 0 Å². The molecule has 284 valence electrons. The Bertz CT molecular complexity index is 3980. The van der Waals surface area contributed by atoms with Gasteiger partial charge < -0.3 is 0 Å². The molecule has 0 aliphatic heterocycles. The highest BCUT2D eigenvalue weighted by Gasteiger charge is 2.25. The van der Waals surface area contributed by atoms with E-state index in [9.17, 15) is 5.48 Å². The van der Waals surface area contributed by atoms with Crippen molar-refractivity contribution in [2.45, 2.75) is 0 Å². The zero-order chi connectivity index (χ0) is 45.5. The Morgan fingerprint density at radius 1 is 0.377 bits per heavy atom. The number of fused-ring (bicyclic) bond motifs is 7. The summed E-state index contributed by atoms with van der Waals surface area (Å²) in [7, 11) is 0. The zero-order valence-corrected chi connectivity index (χ0v) is 33.4. The first kappa shape index (κ1) is 29.5. The fourth-order valence-corrected chi connectivity index (χ4v) is 10.2. The Labute approximate surface area is 366 Å². The number of hydrogen-bond acceptors (Lipinski definition) is 3. The van der Waals surface area contributed by atoms with Crippen LogP contribution in [0.25, 0.3) is 120 Å². The van der Waals surface area contributed by atoms with Crippen LogP contribution in [0.3, 0.4) is 0 Å². The summed E-state index contributed by atoms with van der Waals surface area (Å²) in [6, 6.07) is 58.0. The lowest BCUT2D eigenvalue weighted by Crippen LogP contribution is -1.91. The molecule has 0 atom stereocenters. The van der Waals surface area contributed by atoms with E-state index in [0.717, 1.165) is 59.3 Å². The molecular formula is C58H36N2S. The molecule has 3 heteroatoms. The maximum atomic E-state index is 9.64. The maximum Gasteiger partial charge on any atom is 0.0972 e. The number of aromatic nitrogens is 2. The third-order valence-electron chi connectivity index (χ3n) is 11.7. The van der Waals surface area contributed by atoms with E-state index in [1.165, 1.54) is 16.2 Å². The molecule has 0 saturated heterocycles. The molecule has 0 N–H and O–H groups in total. The van der Waals surface area contributed by atoms with Crippen LogP contribution in [0.2, 0.25) is 0 Å². The van der Waals surface area contributed by atoms with Gasteiger partial charge in [-0.1, -0.05) is 194 Å².